The summed E-state index contributed by atoms with van der Waals surface area (Å²) in [7, 11) is -0.332. The number of hydrogen-bond donors (Lipinski definition) is 2. The predicted octanol–water partition coefficient (Wildman–Crippen LogP) is 0.836. The van der Waals surface area contributed by atoms with Gasteiger partial charge >= 0.3 is 0 Å². The van der Waals surface area contributed by atoms with E-state index < -0.39 is 15.9 Å². The zero-order chi connectivity index (χ0) is 17.0. The van der Waals surface area contributed by atoms with Gasteiger partial charge in [0.05, 0.1) is 17.6 Å². The third kappa shape index (κ3) is 4.38. The summed E-state index contributed by atoms with van der Waals surface area (Å²) in [6.07, 6.45) is 1.64. The Kier molecular flexibility index (Phi) is 7.47. The van der Waals surface area contributed by atoms with E-state index in [0.29, 0.717) is 19.0 Å². The van der Waals surface area contributed by atoms with Gasteiger partial charge in [-0.15, -0.1) is 12.4 Å². The second-order valence-corrected chi connectivity index (χ2v) is 7.57. The molecule has 1 aliphatic heterocycles. The molecule has 24 heavy (non-hydrogen) atoms. The maximum atomic E-state index is 12.7. The number of primary amides is 1. The highest BCUT2D eigenvalue weighted by atomic mass is 35.5. The minimum Gasteiger partial charge on any atom is -0.496 e. The van der Waals surface area contributed by atoms with Crippen LogP contribution in [0.15, 0.2) is 23.1 Å². The molecule has 2 rings (SSSR count). The van der Waals surface area contributed by atoms with Gasteiger partial charge in [-0.25, -0.2) is 8.42 Å². The maximum Gasteiger partial charge on any atom is 0.252 e. The third-order valence-electron chi connectivity index (χ3n) is 4.14. The number of halogens is 1. The first-order valence-corrected chi connectivity index (χ1v) is 8.96. The van der Waals surface area contributed by atoms with Gasteiger partial charge < -0.3 is 15.8 Å². The van der Waals surface area contributed by atoms with Crippen LogP contribution in [0.5, 0.6) is 5.75 Å². The van der Waals surface area contributed by atoms with Crippen LogP contribution in [0.1, 0.15) is 23.2 Å². The molecule has 7 nitrogen and oxygen atoms in total. The van der Waals surface area contributed by atoms with E-state index in [1.807, 2.05) is 7.05 Å². The van der Waals surface area contributed by atoms with E-state index in [4.69, 9.17) is 10.5 Å². The number of ether oxygens (including phenoxy) is 1. The minimum atomic E-state index is -3.63. The number of methoxy groups -OCH3 is 1. The fourth-order valence-electron chi connectivity index (χ4n) is 2.83. The van der Waals surface area contributed by atoms with E-state index in [-0.39, 0.29) is 28.6 Å². The highest BCUT2D eigenvalue weighted by Crippen LogP contribution is 2.27. The number of nitrogens with two attached hydrogens (primary N) is 1. The number of piperidine rings is 1. The Morgan fingerprint density at radius 1 is 1.38 bits per heavy atom. The van der Waals surface area contributed by atoms with Crippen molar-refractivity contribution in [2.75, 3.05) is 33.8 Å². The average molecular weight is 378 g/mol. The van der Waals surface area contributed by atoms with Crippen LogP contribution in [-0.4, -0.2) is 52.4 Å². The smallest absolute Gasteiger partial charge is 0.252 e. The molecule has 0 radical (unpaired) electrons. The van der Waals surface area contributed by atoms with Crippen LogP contribution < -0.4 is 15.8 Å². The number of rotatable bonds is 6. The van der Waals surface area contributed by atoms with Crippen LogP contribution in [0.4, 0.5) is 0 Å². The third-order valence-corrected chi connectivity index (χ3v) is 6.04. The second kappa shape index (κ2) is 8.66. The van der Waals surface area contributed by atoms with E-state index in [9.17, 15) is 13.2 Å². The van der Waals surface area contributed by atoms with Crippen LogP contribution in [0, 0.1) is 5.92 Å². The molecule has 0 unspecified atom stereocenters. The molecule has 0 spiro atoms. The molecule has 0 aromatic heterocycles. The van der Waals surface area contributed by atoms with Crippen molar-refractivity contribution in [1.29, 1.82) is 0 Å². The van der Waals surface area contributed by atoms with Crippen molar-refractivity contribution in [3.63, 3.8) is 0 Å². The molecule has 136 valence electrons. The van der Waals surface area contributed by atoms with Crippen LogP contribution in [-0.2, 0) is 10.0 Å². The number of nitrogens with zero attached hydrogens (tertiary/aromatic N) is 1. The fourth-order valence-corrected chi connectivity index (χ4v) is 4.33. The summed E-state index contributed by atoms with van der Waals surface area (Å²) in [5, 5.41) is 3.12. The highest BCUT2D eigenvalue weighted by molar-refractivity contribution is 7.89. The van der Waals surface area contributed by atoms with Gasteiger partial charge in [0.1, 0.15) is 5.75 Å². The van der Waals surface area contributed by atoms with E-state index in [0.717, 1.165) is 19.4 Å². The van der Waals surface area contributed by atoms with Gasteiger partial charge in [0.25, 0.3) is 5.91 Å². The van der Waals surface area contributed by atoms with Gasteiger partial charge in [0.2, 0.25) is 10.0 Å². The van der Waals surface area contributed by atoms with Crippen molar-refractivity contribution >= 4 is 28.3 Å². The molecular weight excluding hydrogens is 354 g/mol. The molecule has 0 aliphatic carbocycles. The lowest BCUT2D eigenvalue weighted by Gasteiger charge is -2.31. The summed E-state index contributed by atoms with van der Waals surface area (Å²) in [4.78, 5) is 11.5. The van der Waals surface area contributed by atoms with E-state index in [2.05, 4.69) is 5.32 Å². The summed E-state index contributed by atoms with van der Waals surface area (Å²) in [5.41, 5.74) is 5.37. The Bertz CT molecular complexity index is 673. The number of benzene rings is 1. The van der Waals surface area contributed by atoms with Crippen molar-refractivity contribution < 1.29 is 17.9 Å². The zero-order valence-corrected chi connectivity index (χ0v) is 15.5. The molecule has 1 aromatic carbocycles. The Balaban J connectivity index is 0.00000288. The molecule has 0 atom stereocenters. The average Bonchev–Trinajstić information content (AvgIpc) is 2.55. The lowest BCUT2D eigenvalue weighted by atomic mass is 9.98. The number of nitrogens with one attached hydrogen (secondary N) is 1. The molecule has 0 bridgehead atoms. The van der Waals surface area contributed by atoms with Gasteiger partial charge in [-0.05, 0) is 50.6 Å². The lowest BCUT2D eigenvalue weighted by Crippen LogP contribution is -2.40. The molecule has 3 N–H and O–H groups in total. The number of carbonyl (C=O) groups is 1. The van der Waals surface area contributed by atoms with Crippen LogP contribution in [0.3, 0.4) is 0 Å². The molecule has 1 aliphatic rings. The lowest BCUT2D eigenvalue weighted by molar-refractivity contribution is 0.0997. The maximum absolute atomic E-state index is 12.7. The monoisotopic (exact) mass is 377 g/mol. The molecule has 1 fully saturated rings. The first kappa shape index (κ1) is 20.7. The number of amides is 1. The van der Waals surface area contributed by atoms with E-state index in [1.165, 1.54) is 29.6 Å². The minimum absolute atomic E-state index is 0. The Morgan fingerprint density at radius 3 is 2.50 bits per heavy atom. The van der Waals surface area contributed by atoms with E-state index in [1.54, 1.807) is 0 Å². The second-order valence-electron chi connectivity index (χ2n) is 5.63. The number of carbonyl (C=O) groups excluding carboxylic acids is 1. The summed E-state index contributed by atoms with van der Waals surface area (Å²) >= 11 is 0. The Hall–Kier alpha value is -1.35. The first-order valence-electron chi connectivity index (χ1n) is 7.52. The quantitative estimate of drug-likeness (QED) is 0.764. The standard InChI is InChI=1S/C15H23N3O4S.ClH/c1-17-10-11-5-7-18(8-6-11)23(20,21)12-3-4-14(22-2)13(9-12)15(16)19;/h3-4,9,11,17H,5-8,10H2,1-2H3,(H2,16,19);1H. The van der Waals surface area contributed by atoms with Crippen molar-refractivity contribution in [2.24, 2.45) is 11.7 Å². The van der Waals surface area contributed by atoms with Gasteiger partial charge in [0.15, 0.2) is 0 Å². The van der Waals surface area contributed by atoms with Crippen LogP contribution in [0.25, 0.3) is 0 Å². The predicted molar refractivity (Wildman–Crippen MR) is 94.2 cm³/mol. The molecule has 1 aromatic rings. The van der Waals surface area contributed by atoms with Gasteiger partial charge in [-0.3, -0.25) is 4.79 Å². The normalized spacial score (nSPS) is 16.4. The van der Waals surface area contributed by atoms with Crippen LogP contribution in [0.2, 0.25) is 0 Å². The molecule has 9 heteroatoms. The Labute approximate surface area is 149 Å². The van der Waals surface area contributed by atoms with Crippen LogP contribution >= 0.6 is 12.4 Å². The van der Waals surface area contributed by atoms with Gasteiger partial charge in [-0.2, -0.15) is 4.31 Å². The Morgan fingerprint density at radius 2 is 2.00 bits per heavy atom. The summed E-state index contributed by atoms with van der Waals surface area (Å²) in [6.45, 7) is 1.85. The topological polar surface area (TPSA) is 102 Å². The number of sulfonamides is 1. The van der Waals surface area contributed by atoms with Crippen molar-refractivity contribution in [3.8, 4) is 5.75 Å². The molecule has 1 saturated heterocycles. The van der Waals surface area contributed by atoms with Crippen molar-refractivity contribution in [2.45, 2.75) is 17.7 Å². The molecule has 0 saturated carbocycles. The largest absolute Gasteiger partial charge is 0.496 e. The van der Waals surface area contributed by atoms with Gasteiger partial charge in [0, 0.05) is 13.1 Å². The summed E-state index contributed by atoms with van der Waals surface area (Å²) in [6, 6.07) is 4.19. The first-order chi connectivity index (χ1) is 10.9. The zero-order valence-electron chi connectivity index (χ0n) is 13.8. The van der Waals surface area contributed by atoms with Gasteiger partial charge in [-0.1, -0.05) is 0 Å². The van der Waals surface area contributed by atoms with Crippen molar-refractivity contribution in [3.05, 3.63) is 23.8 Å². The SMILES string of the molecule is CNCC1CCN(S(=O)(=O)c2ccc(OC)c(C(N)=O)c2)CC1.Cl. The summed E-state index contributed by atoms with van der Waals surface area (Å²) < 4.78 is 32.0. The summed E-state index contributed by atoms with van der Waals surface area (Å²) in [5.74, 6) is 0.0410. The highest BCUT2D eigenvalue weighted by Gasteiger charge is 2.30. The van der Waals surface area contributed by atoms with E-state index >= 15 is 0 Å². The van der Waals surface area contributed by atoms with Crippen molar-refractivity contribution in [1.82, 2.24) is 9.62 Å². The molecular formula is C15H24ClN3O4S. The fraction of sp³-hybridized carbons (Fsp3) is 0.533. The number of hydrogen-bond acceptors (Lipinski definition) is 5. The molecule has 1 amide bonds. The molecule has 1 heterocycles.